The first kappa shape index (κ1) is 14.0. The van der Waals surface area contributed by atoms with Gasteiger partial charge >= 0.3 is 0 Å². The molecule has 0 spiro atoms. The Morgan fingerprint density at radius 2 is 2.05 bits per heavy atom. The molecule has 1 fully saturated rings. The first-order valence-electron chi connectivity index (χ1n) is 6.83. The van der Waals surface area contributed by atoms with Gasteiger partial charge in [0, 0.05) is 25.6 Å². The zero-order chi connectivity index (χ0) is 13.8. The Morgan fingerprint density at radius 1 is 1.42 bits per heavy atom. The van der Waals surface area contributed by atoms with Crippen molar-refractivity contribution in [1.82, 2.24) is 4.90 Å². The van der Waals surface area contributed by atoms with Crippen LogP contribution < -0.4 is 5.73 Å². The highest BCUT2D eigenvalue weighted by Crippen LogP contribution is 2.30. The van der Waals surface area contributed by atoms with E-state index in [2.05, 4.69) is 0 Å². The summed E-state index contributed by atoms with van der Waals surface area (Å²) in [6.45, 7) is 3.55. The summed E-state index contributed by atoms with van der Waals surface area (Å²) >= 11 is 0. The van der Waals surface area contributed by atoms with Gasteiger partial charge in [0.05, 0.1) is 0 Å². The minimum atomic E-state index is -0.251. The molecule has 1 aromatic rings. The lowest BCUT2D eigenvalue weighted by Gasteiger charge is -2.25. The molecule has 0 bridgehead atoms. The highest BCUT2D eigenvalue weighted by molar-refractivity contribution is 5.78. The predicted octanol–water partition coefficient (Wildman–Crippen LogP) is 2.16. The summed E-state index contributed by atoms with van der Waals surface area (Å²) in [5.74, 6) is 0.325. The van der Waals surface area contributed by atoms with E-state index in [1.54, 1.807) is 12.1 Å². The highest BCUT2D eigenvalue weighted by Gasteiger charge is 2.28. The van der Waals surface area contributed by atoms with E-state index < -0.39 is 0 Å². The van der Waals surface area contributed by atoms with E-state index in [9.17, 15) is 9.18 Å². The largest absolute Gasteiger partial charge is 0.338 e. The summed E-state index contributed by atoms with van der Waals surface area (Å²) in [7, 11) is 0. The molecule has 1 amide bonds. The van der Waals surface area contributed by atoms with Gasteiger partial charge in [-0.15, -0.1) is 0 Å². The first-order chi connectivity index (χ1) is 9.10. The van der Waals surface area contributed by atoms with Gasteiger partial charge in [0.15, 0.2) is 0 Å². The first-order valence-corrected chi connectivity index (χ1v) is 6.83. The zero-order valence-corrected chi connectivity index (χ0v) is 11.3. The van der Waals surface area contributed by atoms with Crippen LogP contribution in [0.4, 0.5) is 4.39 Å². The van der Waals surface area contributed by atoms with Gasteiger partial charge < -0.3 is 10.6 Å². The van der Waals surface area contributed by atoms with Crippen LogP contribution in [-0.2, 0) is 11.3 Å². The van der Waals surface area contributed by atoms with Crippen molar-refractivity contribution in [3.8, 4) is 0 Å². The van der Waals surface area contributed by atoms with Crippen molar-refractivity contribution in [3.63, 3.8) is 0 Å². The third kappa shape index (κ3) is 4.03. The molecule has 3 nitrogen and oxygen atoms in total. The minimum absolute atomic E-state index is 0.0960. The van der Waals surface area contributed by atoms with Crippen molar-refractivity contribution >= 4 is 5.91 Å². The monoisotopic (exact) mass is 264 g/mol. The van der Waals surface area contributed by atoms with Crippen molar-refractivity contribution in [2.24, 2.45) is 17.6 Å². The van der Waals surface area contributed by atoms with Crippen molar-refractivity contribution in [1.29, 1.82) is 0 Å². The molecule has 4 heteroatoms. The van der Waals surface area contributed by atoms with Gasteiger partial charge in [-0.2, -0.15) is 0 Å². The fourth-order valence-corrected chi connectivity index (χ4v) is 2.07. The molecule has 0 saturated heterocycles. The Balaban J connectivity index is 2.04. The number of nitrogens with zero attached hydrogens (tertiary/aromatic N) is 1. The molecular formula is C15H21FN2O. The van der Waals surface area contributed by atoms with Gasteiger partial charge in [0.2, 0.25) is 5.91 Å². The van der Waals surface area contributed by atoms with Gasteiger partial charge in [-0.05, 0) is 36.5 Å². The van der Waals surface area contributed by atoms with Crippen LogP contribution in [0.2, 0.25) is 0 Å². The lowest BCUT2D eigenvalue weighted by molar-refractivity contribution is -0.135. The number of carbonyl (C=O) groups is 1. The van der Waals surface area contributed by atoms with Crippen LogP contribution in [0.15, 0.2) is 24.3 Å². The fourth-order valence-electron chi connectivity index (χ4n) is 2.07. The maximum Gasteiger partial charge on any atom is 0.226 e. The van der Waals surface area contributed by atoms with Crippen LogP contribution >= 0.6 is 0 Å². The normalized spacial score (nSPS) is 16.2. The van der Waals surface area contributed by atoms with E-state index in [0.717, 1.165) is 12.1 Å². The van der Waals surface area contributed by atoms with Crippen molar-refractivity contribution < 1.29 is 9.18 Å². The molecule has 1 atom stereocenters. The maximum absolute atomic E-state index is 12.9. The lowest BCUT2D eigenvalue weighted by atomic mass is 10.1. The summed E-state index contributed by atoms with van der Waals surface area (Å²) in [6.07, 6.45) is 2.40. The zero-order valence-electron chi connectivity index (χ0n) is 11.3. The number of benzene rings is 1. The van der Waals surface area contributed by atoms with E-state index in [0.29, 0.717) is 19.0 Å². The molecule has 2 rings (SSSR count). The second kappa shape index (κ2) is 6.15. The molecule has 2 N–H and O–H groups in total. The number of rotatable bonds is 6. The van der Waals surface area contributed by atoms with Crippen molar-refractivity contribution in [2.45, 2.75) is 26.3 Å². The second-order valence-corrected chi connectivity index (χ2v) is 5.43. The van der Waals surface area contributed by atoms with Crippen molar-refractivity contribution in [2.75, 3.05) is 13.1 Å². The molecule has 0 aliphatic heterocycles. The van der Waals surface area contributed by atoms with Gasteiger partial charge in [-0.3, -0.25) is 4.79 Å². The topological polar surface area (TPSA) is 46.3 Å². The fraction of sp³-hybridized carbons (Fsp3) is 0.533. The van der Waals surface area contributed by atoms with Crippen LogP contribution in [-0.4, -0.2) is 23.9 Å². The van der Waals surface area contributed by atoms with Crippen LogP contribution in [0.5, 0.6) is 0 Å². The summed E-state index contributed by atoms with van der Waals surface area (Å²) in [4.78, 5) is 14.1. The lowest BCUT2D eigenvalue weighted by Crippen LogP contribution is -2.38. The quantitative estimate of drug-likeness (QED) is 0.856. The Kier molecular flexibility index (Phi) is 4.53. The predicted molar refractivity (Wildman–Crippen MR) is 72.8 cm³/mol. The van der Waals surface area contributed by atoms with E-state index in [1.165, 1.54) is 25.0 Å². The summed E-state index contributed by atoms with van der Waals surface area (Å²) < 4.78 is 12.9. The number of halogens is 1. The molecular weight excluding hydrogens is 243 g/mol. The van der Waals surface area contributed by atoms with Crippen LogP contribution in [0.25, 0.3) is 0 Å². The second-order valence-electron chi connectivity index (χ2n) is 5.43. The summed E-state index contributed by atoms with van der Waals surface area (Å²) in [5.41, 5.74) is 6.53. The van der Waals surface area contributed by atoms with Gasteiger partial charge in [-0.25, -0.2) is 4.39 Å². The van der Waals surface area contributed by atoms with Gasteiger partial charge in [0.1, 0.15) is 5.82 Å². The van der Waals surface area contributed by atoms with E-state index >= 15 is 0 Å². The molecule has 19 heavy (non-hydrogen) atoms. The van der Waals surface area contributed by atoms with Gasteiger partial charge in [-0.1, -0.05) is 19.1 Å². The highest BCUT2D eigenvalue weighted by atomic mass is 19.1. The Labute approximate surface area is 113 Å². The molecule has 0 aromatic heterocycles. The van der Waals surface area contributed by atoms with E-state index in [-0.39, 0.29) is 17.6 Å². The number of nitrogens with two attached hydrogens (primary N) is 1. The summed E-state index contributed by atoms with van der Waals surface area (Å²) in [6, 6.07) is 6.33. The maximum atomic E-state index is 12.9. The molecule has 1 unspecified atom stereocenters. The molecule has 1 saturated carbocycles. The number of hydrogen-bond acceptors (Lipinski definition) is 2. The van der Waals surface area contributed by atoms with Crippen LogP contribution in [0.1, 0.15) is 25.3 Å². The number of amides is 1. The average Bonchev–Trinajstić information content (AvgIpc) is 3.22. The van der Waals surface area contributed by atoms with E-state index in [1.807, 2.05) is 11.8 Å². The third-order valence-corrected chi connectivity index (χ3v) is 3.55. The van der Waals surface area contributed by atoms with Crippen molar-refractivity contribution in [3.05, 3.63) is 35.6 Å². The van der Waals surface area contributed by atoms with Gasteiger partial charge in [0.25, 0.3) is 0 Å². The molecule has 104 valence electrons. The van der Waals surface area contributed by atoms with Crippen LogP contribution in [0, 0.1) is 17.7 Å². The minimum Gasteiger partial charge on any atom is -0.338 e. The standard InChI is InChI=1S/C15H21FN2O/c1-11(8-17)15(19)18(9-12-2-3-12)10-13-4-6-14(16)7-5-13/h4-7,11-12H,2-3,8-10,17H2,1H3. The van der Waals surface area contributed by atoms with E-state index in [4.69, 9.17) is 5.73 Å². The number of hydrogen-bond donors (Lipinski definition) is 1. The Morgan fingerprint density at radius 3 is 2.58 bits per heavy atom. The molecule has 0 heterocycles. The molecule has 1 aromatic carbocycles. The average molecular weight is 264 g/mol. The Hall–Kier alpha value is -1.42. The molecule has 1 aliphatic carbocycles. The number of carbonyl (C=O) groups excluding carboxylic acids is 1. The van der Waals surface area contributed by atoms with Crippen LogP contribution in [0.3, 0.4) is 0 Å². The molecule has 1 aliphatic rings. The smallest absolute Gasteiger partial charge is 0.226 e. The third-order valence-electron chi connectivity index (χ3n) is 3.55. The SMILES string of the molecule is CC(CN)C(=O)N(Cc1ccc(F)cc1)CC1CC1. The Bertz CT molecular complexity index is 428. The summed E-state index contributed by atoms with van der Waals surface area (Å²) in [5, 5.41) is 0. The molecule has 0 radical (unpaired) electrons.